The van der Waals surface area contributed by atoms with Gasteiger partial charge in [-0.2, -0.15) is 0 Å². The number of thiophene rings is 1. The average Bonchev–Trinajstić information content (AvgIpc) is 3.28. The van der Waals surface area contributed by atoms with Gasteiger partial charge in [-0.25, -0.2) is 12.8 Å². The van der Waals surface area contributed by atoms with Gasteiger partial charge in [0.1, 0.15) is 5.82 Å². The number of benzene rings is 1. The van der Waals surface area contributed by atoms with Crippen LogP contribution in [0.2, 0.25) is 0 Å². The summed E-state index contributed by atoms with van der Waals surface area (Å²) >= 11 is 1.40. The van der Waals surface area contributed by atoms with Crippen LogP contribution in [0, 0.1) is 5.82 Å². The van der Waals surface area contributed by atoms with Crippen LogP contribution < -0.4 is 0 Å². The molecule has 1 aromatic carbocycles. The van der Waals surface area contributed by atoms with Gasteiger partial charge in [-0.05, 0) is 43.5 Å². The molecule has 2 atom stereocenters. The summed E-state index contributed by atoms with van der Waals surface area (Å²) < 4.78 is 37.7. The van der Waals surface area contributed by atoms with Crippen LogP contribution in [0.4, 0.5) is 4.39 Å². The van der Waals surface area contributed by atoms with Crippen LogP contribution in [0.25, 0.3) is 16.5 Å². The molecular weight excluding hydrogens is 385 g/mol. The molecule has 0 spiro atoms. The van der Waals surface area contributed by atoms with E-state index < -0.39 is 15.1 Å². The normalized spacial score (nSPS) is 20.3. The summed E-state index contributed by atoms with van der Waals surface area (Å²) in [6.45, 7) is 0. The molecule has 0 radical (unpaired) electrons. The summed E-state index contributed by atoms with van der Waals surface area (Å²) in [4.78, 5) is 15.7. The number of hydrogen-bond donors (Lipinski definition) is 0. The maximum Gasteiger partial charge on any atom is 0.246 e. The lowest BCUT2D eigenvalue weighted by atomic mass is 10.2. The van der Waals surface area contributed by atoms with Crippen LogP contribution >= 0.6 is 11.3 Å². The molecule has 3 rings (SSSR count). The molecule has 1 saturated carbocycles. The predicted octanol–water partition coefficient (Wildman–Crippen LogP) is 3.99. The van der Waals surface area contributed by atoms with E-state index in [4.69, 9.17) is 0 Å². The van der Waals surface area contributed by atoms with Gasteiger partial charge in [0.25, 0.3) is 0 Å². The highest BCUT2D eigenvalue weighted by molar-refractivity contribution is 7.91. The maximum absolute atomic E-state index is 13.9. The lowest BCUT2D eigenvalue weighted by Gasteiger charge is -2.27. The quantitative estimate of drug-likeness (QED) is 0.704. The van der Waals surface area contributed by atoms with Crippen LogP contribution in [0.3, 0.4) is 0 Å². The second-order valence-electron chi connectivity index (χ2n) is 6.83. The molecule has 0 saturated heterocycles. The minimum Gasteiger partial charge on any atom is -0.338 e. The zero-order chi connectivity index (χ0) is 19.6. The van der Waals surface area contributed by atoms with Crippen LogP contribution in [0.5, 0.6) is 0 Å². The average molecular weight is 408 g/mol. The van der Waals surface area contributed by atoms with Crippen LogP contribution in [0.1, 0.15) is 24.1 Å². The van der Waals surface area contributed by atoms with E-state index >= 15 is 0 Å². The zero-order valence-corrected chi connectivity index (χ0v) is 16.9. The summed E-state index contributed by atoms with van der Waals surface area (Å²) in [7, 11) is -1.53. The van der Waals surface area contributed by atoms with E-state index in [-0.39, 0.29) is 17.8 Å². The van der Waals surface area contributed by atoms with Gasteiger partial charge < -0.3 is 4.90 Å². The standard InChI is InChI=1S/C20H22FNO3S2/c1-22(17-8-5-9-19(17)27(2,24)25)20(23)13-11-14-10-12-18(26-14)15-6-3-4-7-16(15)21/h3-4,6-7,10-13,17,19H,5,8-9H2,1-2H3/b13-11+/t17-,19-/m1/s1. The molecule has 1 aromatic heterocycles. The molecule has 1 aliphatic rings. The molecule has 1 heterocycles. The number of amides is 1. The van der Waals surface area contributed by atoms with E-state index in [0.717, 1.165) is 16.2 Å². The van der Waals surface area contributed by atoms with E-state index in [0.29, 0.717) is 18.4 Å². The number of nitrogens with zero attached hydrogens (tertiary/aromatic N) is 1. The Morgan fingerprint density at radius 1 is 1.22 bits per heavy atom. The molecule has 0 bridgehead atoms. The van der Waals surface area contributed by atoms with Crippen molar-refractivity contribution in [1.29, 1.82) is 0 Å². The fourth-order valence-electron chi connectivity index (χ4n) is 3.53. The molecule has 1 amide bonds. The first-order chi connectivity index (χ1) is 12.8. The van der Waals surface area contributed by atoms with Crippen molar-refractivity contribution in [1.82, 2.24) is 4.90 Å². The first-order valence-corrected chi connectivity index (χ1v) is 11.5. The first-order valence-electron chi connectivity index (χ1n) is 8.76. The fraction of sp³-hybridized carbons (Fsp3) is 0.350. The van der Waals surface area contributed by atoms with Crippen molar-refractivity contribution in [3.05, 3.63) is 53.2 Å². The Morgan fingerprint density at radius 2 is 1.96 bits per heavy atom. The summed E-state index contributed by atoms with van der Waals surface area (Å²) in [5.74, 6) is -0.505. The van der Waals surface area contributed by atoms with Gasteiger partial charge in [0.2, 0.25) is 5.91 Å². The van der Waals surface area contributed by atoms with Gasteiger partial charge in [0.15, 0.2) is 9.84 Å². The third-order valence-corrected chi connectivity index (χ3v) is 7.70. The maximum atomic E-state index is 13.9. The highest BCUT2D eigenvalue weighted by Crippen LogP contribution is 2.31. The number of halogens is 1. The Hall–Kier alpha value is -1.99. The van der Waals surface area contributed by atoms with E-state index in [1.807, 2.05) is 12.1 Å². The van der Waals surface area contributed by atoms with E-state index in [1.165, 1.54) is 34.6 Å². The minimum absolute atomic E-state index is 0.226. The van der Waals surface area contributed by atoms with Crippen molar-refractivity contribution in [2.75, 3.05) is 13.3 Å². The fourth-order valence-corrected chi connectivity index (χ4v) is 5.95. The Bertz CT molecular complexity index is 965. The molecule has 0 aliphatic heterocycles. The van der Waals surface area contributed by atoms with Crippen molar-refractivity contribution in [2.45, 2.75) is 30.6 Å². The Balaban J connectivity index is 1.71. The smallest absolute Gasteiger partial charge is 0.246 e. The Labute approximate surface area is 163 Å². The van der Waals surface area contributed by atoms with Crippen LogP contribution in [-0.4, -0.2) is 43.8 Å². The molecular formula is C20H22FNO3S2. The molecule has 1 fully saturated rings. The van der Waals surface area contributed by atoms with Gasteiger partial charge in [-0.15, -0.1) is 11.3 Å². The second-order valence-corrected chi connectivity index (χ2v) is 10.2. The lowest BCUT2D eigenvalue weighted by molar-refractivity contribution is -0.126. The van der Waals surface area contributed by atoms with Gasteiger partial charge in [0, 0.05) is 40.7 Å². The van der Waals surface area contributed by atoms with Crippen molar-refractivity contribution < 1.29 is 17.6 Å². The summed E-state index contributed by atoms with van der Waals surface area (Å²) in [6.07, 6.45) is 6.49. The lowest BCUT2D eigenvalue weighted by Crippen LogP contribution is -2.43. The van der Waals surface area contributed by atoms with Gasteiger partial charge in [-0.3, -0.25) is 4.79 Å². The largest absolute Gasteiger partial charge is 0.338 e. The third-order valence-electron chi connectivity index (χ3n) is 4.97. The van der Waals surface area contributed by atoms with Crippen LogP contribution in [0.15, 0.2) is 42.5 Å². The number of carbonyl (C=O) groups excluding carboxylic acids is 1. The highest BCUT2D eigenvalue weighted by Gasteiger charge is 2.38. The minimum atomic E-state index is -3.18. The van der Waals surface area contributed by atoms with E-state index in [1.54, 1.807) is 31.3 Å². The SMILES string of the molecule is CN(C(=O)/C=C/c1ccc(-c2ccccc2F)s1)[C@@H]1CCC[C@H]1S(C)(=O)=O. The molecule has 4 nitrogen and oxygen atoms in total. The molecule has 2 aromatic rings. The van der Waals surface area contributed by atoms with Crippen LogP contribution in [-0.2, 0) is 14.6 Å². The third kappa shape index (κ3) is 4.47. The second kappa shape index (κ2) is 7.94. The van der Waals surface area contributed by atoms with Gasteiger partial charge in [-0.1, -0.05) is 18.2 Å². The predicted molar refractivity (Wildman–Crippen MR) is 108 cm³/mol. The van der Waals surface area contributed by atoms with Crippen molar-refractivity contribution in [2.24, 2.45) is 0 Å². The topological polar surface area (TPSA) is 54.5 Å². The Kier molecular flexibility index (Phi) is 5.81. The van der Waals surface area contributed by atoms with Crippen molar-refractivity contribution in [3.63, 3.8) is 0 Å². The number of rotatable bonds is 5. The Morgan fingerprint density at radius 3 is 2.67 bits per heavy atom. The summed E-state index contributed by atoms with van der Waals surface area (Å²) in [5.41, 5.74) is 0.535. The van der Waals surface area contributed by atoms with Gasteiger partial charge >= 0.3 is 0 Å². The molecule has 144 valence electrons. The molecule has 7 heteroatoms. The number of sulfone groups is 1. The van der Waals surface area contributed by atoms with Crippen molar-refractivity contribution in [3.8, 4) is 10.4 Å². The number of likely N-dealkylation sites (N-methyl/N-ethyl adjacent to an activating group) is 1. The summed E-state index contributed by atoms with van der Waals surface area (Å²) in [6, 6.07) is 9.95. The molecule has 27 heavy (non-hydrogen) atoms. The molecule has 1 aliphatic carbocycles. The molecule has 0 N–H and O–H groups in total. The van der Waals surface area contributed by atoms with E-state index in [9.17, 15) is 17.6 Å². The molecule has 0 unspecified atom stereocenters. The summed E-state index contributed by atoms with van der Waals surface area (Å²) in [5, 5.41) is -0.491. The first kappa shape index (κ1) is 19.8. The highest BCUT2D eigenvalue weighted by atomic mass is 32.2. The van der Waals surface area contributed by atoms with E-state index in [2.05, 4.69) is 0 Å². The zero-order valence-electron chi connectivity index (χ0n) is 15.3. The number of carbonyl (C=O) groups is 1. The van der Waals surface area contributed by atoms with Gasteiger partial charge in [0.05, 0.1) is 5.25 Å². The van der Waals surface area contributed by atoms with Crippen molar-refractivity contribution >= 4 is 33.2 Å². The number of hydrogen-bond acceptors (Lipinski definition) is 4. The monoisotopic (exact) mass is 407 g/mol.